The number of hydrogen-bond acceptors (Lipinski definition) is 3. The van der Waals surface area contributed by atoms with Crippen molar-refractivity contribution < 1.29 is 0 Å². The number of anilines is 6. The van der Waals surface area contributed by atoms with Crippen LogP contribution in [0.3, 0.4) is 0 Å². The predicted molar refractivity (Wildman–Crippen MR) is 299 cm³/mol. The van der Waals surface area contributed by atoms with Gasteiger partial charge in [-0.25, -0.2) is 0 Å². The van der Waals surface area contributed by atoms with Crippen LogP contribution in [-0.2, 0) is 0 Å². The smallest absolute Gasteiger partial charge is 0.0634 e. The summed E-state index contributed by atoms with van der Waals surface area (Å²) < 4.78 is 5.00. The first-order valence-electron chi connectivity index (χ1n) is 23.8. The molecule has 2 aromatic heterocycles. The molecule has 4 heteroatoms. The third-order valence-electron chi connectivity index (χ3n) is 13.5. The zero-order valence-electron chi connectivity index (χ0n) is 38.2. The lowest BCUT2D eigenvalue weighted by molar-refractivity contribution is 1.19. The topological polar surface area (TPSA) is 11.4 Å². The molecule has 13 rings (SSSR count). The zero-order valence-corrected chi connectivity index (χ0v) is 39.0. The van der Waals surface area contributed by atoms with E-state index in [-0.39, 0.29) is 0 Å². The number of nitrogens with zero attached hydrogens (tertiary/aromatic N) is 3. The fourth-order valence-corrected chi connectivity index (χ4v) is 11.6. The van der Waals surface area contributed by atoms with E-state index < -0.39 is 0 Å². The van der Waals surface area contributed by atoms with E-state index in [1.54, 1.807) is 0 Å². The van der Waals surface area contributed by atoms with Crippen molar-refractivity contribution in [2.45, 2.75) is 0 Å². The SMILES string of the molecule is c1ccc(-c2ccc(N(c3ccccc3)c3cc(-c4cc5c6ccccc6n(-c6ccccc6)c5c5c4sc4ccccc45)cc(N(c4ccccc4)c4cccc(-c5ccccc5)c4)c3)cc2)cc1. The van der Waals surface area contributed by atoms with Gasteiger partial charge in [-0.2, -0.15) is 0 Å². The van der Waals surface area contributed by atoms with Crippen molar-refractivity contribution in [3.8, 4) is 39.1 Å². The number of hydrogen-bond donors (Lipinski definition) is 0. The number of benzene rings is 11. The van der Waals surface area contributed by atoms with Gasteiger partial charge in [-0.15, -0.1) is 11.3 Å². The van der Waals surface area contributed by atoms with E-state index in [2.05, 4.69) is 287 Å². The summed E-state index contributed by atoms with van der Waals surface area (Å²) >= 11 is 1.88. The molecular formula is C66H45N3S. The molecule has 0 saturated heterocycles. The fourth-order valence-electron chi connectivity index (χ4n) is 10.3. The van der Waals surface area contributed by atoms with E-state index in [0.717, 1.165) is 50.9 Å². The van der Waals surface area contributed by atoms with Crippen LogP contribution in [0.25, 0.3) is 81.0 Å². The molecule has 11 aromatic carbocycles. The molecule has 0 amide bonds. The minimum absolute atomic E-state index is 1.05. The molecule has 0 atom stereocenters. The van der Waals surface area contributed by atoms with E-state index in [1.807, 2.05) is 11.3 Å². The minimum Gasteiger partial charge on any atom is -0.310 e. The first-order valence-corrected chi connectivity index (χ1v) is 24.6. The third kappa shape index (κ3) is 7.30. The Hall–Kier alpha value is -8.96. The highest BCUT2D eigenvalue weighted by Gasteiger charge is 2.25. The Morgan fingerprint density at radius 1 is 0.300 bits per heavy atom. The summed E-state index contributed by atoms with van der Waals surface area (Å²) in [6.45, 7) is 0. The second kappa shape index (κ2) is 17.6. The molecule has 0 aliphatic carbocycles. The molecule has 3 nitrogen and oxygen atoms in total. The number of fused-ring (bicyclic) bond motifs is 7. The molecule has 0 fully saturated rings. The monoisotopic (exact) mass is 911 g/mol. The first kappa shape index (κ1) is 41.2. The van der Waals surface area contributed by atoms with Crippen molar-refractivity contribution >= 4 is 87.4 Å². The van der Waals surface area contributed by atoms with Crippen molar-refractivity contribution in [2.75, 3.05) is 9.80 Å². The van der Waals surface area contributed by atoms with Crippen LogP contribution in [0.4, 0.5) is 34.1 Å². The van der Waals surface area contributed by atoms with Crippen molar-refractivity contribution in [1.82, 2.24) is 4.57 Å². The van der Waals surface area contributed by atoms with Crippen LogP contribution in [0.5, 0.6) is 0 Å². The summed E-state index contributed by atoms with van der Waals surface area (Å²) in [5, 5.41) is 4.99. The van der Waals surface area contributed by atoms with Crippen LogP contribution in [-0.4, -0.2) is 4.57 Å². The van der Waals surface area contributed by atoms with Crippen molar-refractivity contribution in [1.29, 1.82) is 0 Å². The van der Waals surface area contributed by atoms with Crippen LogP contribution in [0, 0.1) is 0 Å². The molecule has 0 aliphatic heterocycles. The van der Waals surface area contributed by atoms with Gasteiger partial charge in [0.25, 0.3) is 0 Å². The van der Waals surface area contributed by atoms with Gasteiger partial charge in [0.2, 0.25) is 0 Å². The van der Waals surface area contributed by atoms with Crippen LogP contribution in [0.2, 0.25) is 0 Å². The Morgan fingerprint density at radius 3 is 1.43 bits per heavy atom. The van der Waals surface area contributed by atoms with Gasteiger partial charge in [0.05, 0.1) is 11.0 Å². The van der Waals surface area contributed by atoms with Crippen LogP contribution >= 0.6 is 11.3 Å². The molecule has 70 heavy (non-hydrogen) atoms. The van der Waals surface area contributed by atoms with Gasteiger partial charge >= 0.3 is 0 Å². The third-order valence-corrected chi connectivity index (χ3v) is 14.7. The van der Waals surface area contributed by atoms with Gasteiger partial charge < -0.3 is 14.4 Å². The van der Waals surface area contributed by atoms with E-state index in [1.165, 1.54) is 64.2 Å². The molecule has 0 N–H and O–H groups in total. The predicted octanol–water partition coefficient (Wildman–Crippen LogP) is 19.1. The van der Waals surface area contributed by atoms with Crippen molar-refractivity contribution in [3.63, 3.8) is 0 Å². The Bertz CT molecular complexity index is 3980. The van der Waals surface area contributed by atoms with Gasteiger partial charge in [-0.1, -0.05) is 176 Å². The largest absolute Gasteiger partial charge is 0.310 e. The number of rotatable bonds is 10. The van der Waals surface area contributed by atoms with E-state index in [4.69, 9.17) is 0 Å². The Balaban J connectivity index is 1.12. The summed E-state index contributed by atoms with van der Waals surface area (Å²) in [6, 6.07) is 99.2. The number of aromatic nitrogens is 1. The van der Waals surface area contributed by atoms with E-state index in [9.17, 15) is 0 Å². The maximum atomic E-state index is 2.48. The van der Waals surface area contributed by atoms with Crippen molar-refractivity contribution in [2.24, 2.45) is 0 Å². The Labute approximate surface area is 411 Å². The highest BCUT2D eigenvalue weighted by Crippen LogP contribution is 2.50. The molecule has 330 valence electrons. The molecular weight excluding hydrogens is 867 g/mol. The number of thiophene rings is 1. The maximum absolute atomic E-state index is 2.48. The molecule has 0 spiro atoms. The molecule has 0 aliphatic rings. The molecule has 0 unspecified atom stereocenters. The zero-order chi connectivity index (χ0) is 46.4. The minimum atomic E-state index is 1.05. The normalized spacial score (nSPS) is 11.4. The second-order valence-electron chi connectivity index (χ2n) is 17.7. The highest BCUT2D eigenvalue weighted by molar-refractivity contribution is 7.26. The average molecular weight is 912 g/mol. The lowest BCUT2D eigenvalue weighted by atomic mass is 9.97. The summed E-state index contributed by atoms with van der Waals surface area (Å²) in [4.78, 5) is 4.83. The van der Waals surface area contributed by atoms with Gasteiger partial charge in [0, 0.05) is 76.3 Å². The van der Waals surface area contributed by atoms with Crippen molar-refractivity contribution in [3.05, 3.63) is 273 Å². The quantitative estimate of drug-likeness (QED) is 0.135. The molecule has 13 aromatic rings. The molecule has 0 radical (unpaired) electrons. The Morgan fingerprint density at radius 2 is 0.771 bits per heavy atom. The summed E-state index contributed by atoms with van der Waals surface area (Å²) in [7, 11) is 0. The van der Waals surface area contributed by atoms with E-state index in [0.29, 0.717) is 0 Å². The lowest BCUT2D eigenvalue weighted by Gasteiger charge is -2.30. The van der Waals surface area contributed by atoms with Gasteiger partial charge in [-0.3, -0.25) is 0 Å². The van der Waals surface area contributed by atoms with Gasteiger partial charge in [-0.05, 0) is 125 Å². The maximum Gasteiger partial charge on any atom is 0.0634 e. The summed E-state index contributed by atoms with van der Waals surface area (Å²) in [6.07, 6.45) is 0. The highest BCUT2D eigenvalue weighted by atomic mass is 32.1. The Kier molecular flexibility index (Phi) is 10.4. The van der Waals surface area contributed by atoms with Crippen LogP contribution in [0.1, 0.15) is 0 Å². The summed E-state index contributed by atoms with van der Waals surface area (Å²) in [5.41, 5.74) is 17.0. The van der Waals surface area contributed by atoms with Crippen LogP contribution < -0.4 is 9.80 Å². The van der Waals surface area contributed by atoms with E-state index >= 15 is 0 Å². The fraction of sp³-hybridized carbons (Fsp3) is 0. The summed E-state index contributed by atoms with van der Waals surface area (Å²) in [5.74, 6) is 0. The average Bonchev–Trinajstić information content (AvgIpc) is 3.99. The van der Waals surface area contributed by atoms with Crippen LogP contribution in [0.15, 0.2) is 273 Å². The lowest BCUT2D eigenvalue weighted by Crippen LogP contribution is -2.13. The first-order chi connectivity index (χ1) is 34.7. The molecule has 0 bridgehead atoms. The van der Waals surface area contributed by atoms with Gasteiger partial charge in [0.15, 0.2) is 0 Å². The van der Waals surface area contributed by atoms with Gasteiger partial charge in [0.1, 0.15) is 0 Å². The number of para-hydroxylation sites is 4. The second-order valence-corrected chi connectivity index (χ2v) is 18.8. The molecule has 2 heterocycles. The molecule has 0 saturated carbocycles. The standard InChI is InChI=1S/C66H45N3S/c1-6-21-46(22-7-1)48-37-39-54(40-38-48)67(51-26-10-3-11-27-51)56-42-50(43-57(44-56)68(52-28-12-4-13-29-52)55-32-20-25-49(41-55)47-23-8-2-9-24-47)60-45-61-58-33-16-18-35-62(58)69(53-30-14-5-15-31-53)65(61)64-59-34-17-19-36-63(59)70-66(60)64/h1-45H.